The first-order valence-electron chi connectivity index (χ1n) is 7.35. The molecule has 2 fully saturated rings. The normalized spacial score (nSPS) is 27.4. The molecule has 2 aliphatic rings. The Balaban J connectivity index is 1.74. The second kappa shape index (κ2) is 4.92. The van der Waals surface area contributed by atoms with Crippen LogP contribution in [0.3, 0.4) is 0 Å². The van der Waals surface area contributed by atoms with Crippen LogP contribution >= 0.6 is 0 Å². The highest BCUT2D eigenvalue weighted by Crippen LogP contribution is 2.36. The van der Waals surface area contributed by atoms with Crippen LogP contribution in [0.2, 0.25) is 0 Å². The smallest absolute Gasteiger partial charge is 0.399 e. The number of hydrogen-bond donors (Lipinski definition) is 0. The maximum Gasteiger partial charge on any atom is 0.498 e. The summed E-state index contributed by atoms with van der Waals surface area (Å²) in [6.45, 7) is 9.07. The van der Waals surface area contributed by atoms with Crippen LogP contribution in [0.15, 0.2) is 12.4 Å². The van der Waals surface area contributed by atoms with E-state index in [4.69, 9.17) is 9.31 Å². The van der Waals surface area contributed by atoms with Crippen molar-refractivity contribution in [3.05, 3.63) is 12.4 Å². The Morgan fingerprint density at radius 1 is 1.19 bits per heavy atom. The predicted octanol–water partition coefficient (Wildman–Crippen LogP) is 1.32. The van der Waals surface area contributed by atoms with Gasteiger partial charge in [0.05, 0.1) is 17.7 Å². The molecule has 1 aromatic heterocycles. The molecule has 0 amide bonds. The third kappa shape index (κ3) is 2.64. The standard InChI is InChI=1S/C14H21BFN3O2/c1-13(2)14(3,4)21-15(20-13)10-7-17-12(18-8-10)19-6-5-11(16)9-19/h7-8,11H,5-6,9H2,1-4H3/t11-/m1/s1. The molecule has 1 atom stereocenters. The fraction of sp³-hybridized carbons (Fsp3) is 0.714. The number of nitrogens with zero attached hydrogens (tertiary/aromatic N) is 3. The van der Waals surface area contributed by atoms with Crippen LogP contribution < -0.4 is 10.4 Å². The summed E-state index contributed by atoms with van der Waals surface area (Å²) in [5.74, 6) is 0.565. The van der Waals surface area contributed by atoms with Crippen molar-refractivity contribution >= 4 is 18.5 Å². The fourth-order valence-electron chi connectivity index (χ4n) is 2.49. The molecule has 0 aromatic carbocycles. The maximum atomic E-state index is 13.2. The van der Waals surface area contributed by atoms with Gasteiger partial charge in [-0.1, -0.05) is 0 Å². The van der Waals surface area contributed by atoms with Gasteiger partial charge < -0.3 is 14.2 Å². The zero-order chi connectivity index (χ0) is 15.3. The molecule has 21 heavy (non-hydrogen) atoms. The van der Waals surface area contributed by atoms with Crippen LogP contribution in [0.4, 0.5) is 10.3 Å². The summed E-state index contributed by atoms with van der Waals surface area (Å²) in [7, 11) is -0.462. The molecule has 2 aliphatic heterocycles. The van der Waals surface area contributed by atoms with Crippen molar-refractivity contribution in [1.82, 2.24) is 9.97 Å². The van der Waals surface area contributed by atoms with Gasteiger partial charge in [-0.05, 0) is 34.1 Å². The molecular weight excluding hydrogens is 272 g/mol. The number of halogens is 1. The molecule has 3 heterocycles. The summed E-state index contributed by atoms with van der Waals surface area (Å²) in [6.07, 6.45) is 3.17. The van der Waals surface area contributed by atoms with Crippen LogP contribution in [-0.4, -0.2) is 47.5 Å². The number of anilines is 1. The van der Waals surface area contributed by atoms with Crippen LogP contribution in [0.25, 0.3) is 0 Å². The average molecular weight is 293 g/mol. The first kappa shape index (κ1) is 14.7. The Labute approximate surface area is 125 Å². The minimum Gasteiger partial charge on any atom is -0.399 e. The minimum absolute atomic E-state index is 0.371. The second-order valence-corrected chi connectivity index (χ2v) is 6.74. The number of rotatable bonds is 2. The van der Waals surface area contributed by atoms with E-state index in [0.717, 1.165) is 5.46 Å². The zero-order valence-corrected chi connectivity index (χ0v) is 13.0. The van der Waals surface area contributed by atoms with Gasteiger partial charge in [-0.25, -0.2) is 14.4 Å². The molecule has 0 spiro atoms. The Hall–Kier alpha value is -1.21. The molecule has 0 unspecified atom stereocenters. The number of hydrogen-bond acceptors (Lipinski definition) is 5. The largest absolute Gasteiger partial charge is 0.498 e. The molecule has 114 valence electrons. The van der Waals surface area contributed by atoms with Crippen molar-refractivity contribution in [2.45, 2.75) is 51.5 Å². The van der Waals surface area contributed by atoms with E-state index in [1.165, 1.54) is 0 Å². The Morgan fingerprint density at radius 3 is 2.24 bits per heavy atom. The van der Waals surface area contributed by atoms with Crippen molar-refractivity contribution < 1.29 is 13.7 Å². The van der Waals surface area contributed by atoms with Crippen molar-refractivity contribution in [3.8, 4) is 0 Å². The summed E-state index contributed by atoms with van der Waals surface area (Å²) < 4.78 is 25.1. The quantitative estimate of drug-likeness (QED) is 0.770. The third-order valence-electron chi connectivity index (χ3n) is 4.60. The molecular formula is C14H21BFN3O2. The van der Waals surface area contributed by atoms with Gasteiger partial charge in [0.25, 0.3) is 0 Å². The lowest BCUT2D eigenvalue weighted by Gasteiger charge is -2.32. The molecule has 5 nitrogen and oxygen atoms in total. The Kier molecular flexibility index (Phi) is 3.45. The van der Waals surface area contributed by atoms with E-state index in [2.05, 4.69) is 9.97 Å². The highest BCUT2D eigenvalue weighted by atomic mass is 19.1. The molecule has 1 aromatic rings. The monoisotopic (exact) mass is 293 g/mol. The van der Waals surface area contributed by atoms with Crippen LogP contribution in [0.5, 0.6) is 0 Å². The van der Waals surface area contributed by atoms with Gasteiger partial charge in [0.2, 0.25) is 5.95 Å². The topological polar surface area (TPSA) is 47.5 Å². The van der Waals surface area contributed by atoms with Gasteiger partial charge in [-0.3, -0.25) is 0 Å². The van der Waals surface area contributed by atoms with Gasteiger partial charge in [0.15, 0.2) is 0 Å². The summed E-state index contributed by atoms with van der Waals surface area (Å²) in [6, 6.07) is 0. The van der Waals surface area contributed by atoms with E-state index in [-0.39, 0.29) is 11.2 Å². The molecule has 0 N–H and O–H groups in total. The van der Waals surface area contributed by atoms with Gasteiger partial charge in [-0.2, -0.15) is 0 Å². The van der Waals surface area contributed by atoms with E-state index in [0.29, 0.717) is 25.5 Å². The summed E-state index contributed by atoms with van der Waals surface area (Å²) in [5.41, 5.74) is 0.0211. The van der Waals surface area contributed by atoms with E-state index in [1.54, 1.807) is 12.4 Å². The van der Waals surface area contributed by atoms with Gasteiger partial charge in [-0.15, -0.1) is 0 Å². The first-order valence-corrected chi connectivity index (χ1v) is 7.35. The summed E-state index contributed by atoms with van der Waals surface area (Å²) >= 11 is 0. The van der Waals surface area contributed by atoms with Crippen LogP contribution in [0.1, 0.15) is 34.1 Å². The highest BCUT2D eigenvalue weighted by molar-refractivity contribution is 6.61. The molecule has 0 aliphatic carbocycles. The Bertz CT molecular complexity index is 507. The fourth-order valence-corrected chi connectivity index (χ4v) is 2.49. The average Bonchev–Trinajstić information content (AvgIpc) is 2.92. The first-order chi connectivity index (χ1) is 9.78. The summed E-state index contributed by atoms with van der Waals surface area (Å²) in [5, 5.41) is 0. The second-order valence-electron chi connectivity index (χ2n) is 6.74. The van der Waals surface area contributed by atoms with Gasteiger partial charge >= 0.3 is 7.12 Å². The van der Waals surface area contributed by atoms with E-state index in [9.17, 15) is 4.39 Å². The van der Waals surface area contributed by atoms with Crippen molar-refractivity contribution in [3.63, 3.8) is 0 Å². The number of aromatic nitrogens is 2. The molecule has 3 rings (SSSR count). The lowest BCUT2D eigenvalue weighted by molar-refractivity contribution is 0.00578. The molecule has 0 saturated carbocycles. The minimum atomic E-state index is -0.781. The lowest BCUT2D eigenvalue weighted by Crippen LogP contribution is -2.41. The van der Waals surface area contributed by atoms with Crippen molar-refractivity contribution in [1.29, 1.82) is 0 Å². The molecule has 7 heteroatoms. The molecule has 0 bridgehead atoms. The maximum absolute atomic E-state index is 13.2. The number of alkyl halides is 1. The SMILES string of the molecule is CC1(C)OB(c2cnc(N3CC[C@@H](F)C3)nc2)OC1(C)C. The molecule has 2 saturated heterocycles. The van der Waals surface area contributed by atoms with Crippen molar-refractivity contribution in [2.24, 2.45) is 0 Å². The van der Waals surface area contributed by atoms with E-state index in [1.807, 2.05) is 32.6 Å². The third-order valence-corrected chi connectivity index (χ3v) is 4.60. The van der Waals surface area contributed by atoms with Gasteiger partial charge in [0, 0.05) is 24.4 Å². The predicted molar refractivity (Wildman–Crippen MR) is 79.5 cm³/mol. The van der Waals surface area contributed by atoms with E-state index >= 15 is 0 Å². The van der Waals surface area contributed by atoms with Crippen molar-refractivity contribution in [2.75, 3.05) is 18.0 Å². The Morgan fingerprint density at radius 2 is 1.76 bits per heavy atom. The molecule has 0 radical (unpaired) electrons. The van der Waals surface area contributed by atoms with Gasteiger partial charge in [0.1, 0.15) is 6.17 Å². The van der Waals surface area contributed by atoms with Crippen LogP contribution in [-0.2, 0) is 9.31 Å². The van der Waals surface area contributed by atoms with Crippen LogP contribution in [0, 0.1) is 0 Å². The summed E-state index contributed by atoms with van der Waals surface area (Å²) in [4.78, 5) is 10.5. The lowest BCUT2D eigenvalue weighted by atomic mass is 9.81. The zero-order valence-electron chi connectivity index (χ0n) is 13.0. The van der Waals surface area contributed by atoms with E-state index < -0.39 is 13.3 Å². The highest BCUT2D eigenvalue weighted by Gasteiger charge is 2.52.